The van der Waals surface area contributed by atoms with Crippen LogP contribution in [0.2, 0.25) is 0 Å². The summed E-state index contributed by atoms with van der Waals surface area (Å²) in [4.78, 5) is 13.7. The van der Waals surface area contributed by atoms with Crippen molar-refractivity contribution in [2.24, 2.45) is 11.0 Å². The number of carbonyl (C=O) groups excluding carboxylic acids is 1. The quantitative estimate of drug-likeness (QED) is 0.0535. The summed E-state index contributed by atoms with van der Waals surface area (Å²) in [6.07, 6.45) is 0.988. The summed E-state index contributed by atoms with van der Waals surface area (Å²) in [5, 5.41) is 3.46. The molecule has 0 spiro atoms. The van der Waals surface area contributed by atoms with Crippen molar-refractivity contribution in [2.75, 3.05) is 85.8 Å². The van der Waals surface area contributed by atoms with Gasteiger partial charge in [-0.3, -0.25) is 10.2 Å². The van der Waals surface area contributed by atoms with E-state index in [0.717, 1.165) is 0 Å². The van der Waals surface area contributed by atoms with Gasteiger partial charge >= 0.3 is 0 Å². The monoisotopic (exact) mass is 408 g/mol. The molecule has 0 atom stereocenters. The average molecular weight is 408 g/mol. The highest BCUT2D eigenvalue weighted by Crippen LogP contribution is 1.90. The van der Waals surface area contributed by atoms with E-state index < -0.39 is 0 Å². The first-order valence-corrected chi connectivity index (χ1v) is 9.30. The van der Waals surface area contributed by atoms with Gasteiger partial charge in [0.05, 0.1) is 72.7 Å². The standard InChI is InChI=1S/C16H33N5O7/c17-20-16(22)2-1-4-23-6-8-25-10-12-27-14-15-28-13-11-26-9-7-24-5-3-19-21-18/h17H,1-15H2,(H2,18,19)/p+1. The smallest absolute Gasteiger partial charge is 0.233 e. The van der Waals surface area contributed by atoms with Gasteiger partial charge in [-0.2, -0.15) is 0 Å². The number of nitrogens with zero attached hydrogens (tertiary/aromatic N) is 2. The first-order valence-electron chi connectivity index (χ1n) is 9.30. The Hall–Kier alpha value is -1.50. The van der Waals surface area contributed by atoms with Crippen LogP contribution in [0.1, 0.15) is 12.8 Å². The minimum atomic E-state index is -0.194. The second-order valence-electron chi connectivity index (χ2n) is 5.31. The van der Waals surface area contributed by atoms with E-state index in [2.05, 4.69) is 15.5 Å². The van der Waals surface area contributed by atoms with Crippen molar-refractivity contribution >= 4 is 5.91 Å². The van der Waals surface area contributed by atoms with Crippen molar-refractivity contribution in [1.29, 1.82) is 5.53 Å². The van der Waals surface area contributed by atoms with Crippen LogP contribution in [0.15, 0.2) is 5.11 Å². The van der Waals surface area contributed by atoms with Gasteiger partial charge < -0.3 is 28.4 Å². The molecule has 0 unspecified atom stereocenters. The molecule has 0 saturated heterocycles. The highest BCUT2D eigenvalue weighted by atomic mass is 16.6. The molecule has 0 aliphatic carbocycles. The van der Waals surface area contributed by atoms with Crippen LogP contribution < -0.4 is 16.2 Å². The van der Waals surface area contributed by atoms with Crippen LogP contribution in [-0.4, -0.2) is 91.7 Å². The van der Waals surface area contributed by atoms with Gasteiger partial charge in [-0.1, -0.05) is 0 Å². The number of amides is 1. The Labute approximate surface area is 165 Å². The number of hydrogen-bond acceptors (Lipinski definition) is 10. The molecule has 0 aromatic carbocycles. The van der Waals surface area contributed by atoms with Crippen molar-refractivity contribution in [1.82, 2.24) is 10.3 Å². The summed E-state index contributed by atoms with van der Waals surface area (Å²) in [6, 6.07) is 0. The number of nitrogens with one attached hydrogen (secondary N) is 2. The summed E-state index contributed by atoms with van der Waals surface area (Å²) in [5.74, 6) is 4.77. The van der Waals surface area contributed by atoms with E-state index >= 15 is 0 Å². The van der Waals surface area contributed by atoms with Crippen molar-refractivity contribution in [3.05, 3.63) is 0 Å². The molecule has 164 valence electrons. The summed E-state index contributed by atoms with van der Waals surface area (Å²) < 4.78 is 31.9. The van der Waals surface area contributed by atoms with E-state index in [1.165, 1.54) is 0 Å². The van der Waals surface area contributed by atoms with Crippen LogP contribution in [0.4, 0.5) is 0 Å². The first kappa shape index (κ1) is 26.5. The largest absolute Gasteiger partial charge is 0.379 e. The maximum Gasteiger partial charge on any atom is 0.233 e. The van der Waals surface area contributed by atoms with E-state index in [9.17, 15) is 4.79 Å². The molecule has 12 heteroatoms. The fourth-order valence-electron chi connectivity index (χ4n) is 1.76. The molecule has 0 rings (SSSR count). The second kappa shape index (κ2) is 23.5. The predicted molar refractivity (Wildman–Crippen MR) is 98.6 cm³/mol. The maximum atomic E-state index is 10.9. The molecule has 0 radical (unpaired) electrons. The normalized spacial score (nSPS) is 10.6. The molecule has 0 saturated carbocycles. The maximum absolute atomic E-state index is 10.9. The third-order valence-electron chi connectivity index (χ3n) is 3.12. The number of hydrogen-bond donors (Lipinski definition) is 3. The topological polar surface area (TPSA) is 161 Å². The minimum Gasteiger partial charge on any atom is -0.379 e. The Kier molecular flexibility index (Phi) is 22.3. The van der Waals surface area contributed by atoms with Gasteiger partial charge in [0, 0.05) is 13.0 Å². The zero-order valence-electron chi connectivity index (χ0n) is 16.4. The number of hydrazine groups is 1. The molecule has 0 fully saturated rings. The molecular formula is C16H34N5O7+. The molecule has 0 aliphatic rings. The van der Waals surface area contributed by atoms with Crippen molar-refractivity contribution in [2.45, 2.75) is 12.8 Å². The Morgan fingerprint density at radius 2 is 1.14 bits per heavy atom. The van der Waals surface area contributed by atoms with Crippen molar-refractivity contribution in [3.8, 4) is 0 Å². The number of carbonyl (C=O) groups is 1. The average Bonchev–Trinajstić information content (AvgIpc) is 2.71. The van der Waals surface area contributed by atoms with Gasteiger partial charge in [-0.05, 0) is 6.42 Å². The van der Waals surface area contributed by atoms with Crippen molar-refractivity contribution < 1.29 is 33.2 Å². The lowest BCUT2D eigenvalue weighted by Gasteiger charge is -2.08. The molecule has 1 amide bonds. The van der Waals surface area contributed by atoms with Crippen LogP contribution in [0.3, 0.4) is 0 Å². The van der Waals surface area contributed by atoms with Crippen molar-refractivity contribution in [3.63, 3.8) is 0 Å². The highest BCUT2D eigenvalue weighted by Gasteiger charge is 1.98. The van der Waals surface area contributed by atoms with E-state index in [0.29, 0.717) is 98.7 Å². The fourth-order valence-corrected chi connectivity index (χ4v) is 1.76. The zero-order valence-corrected chi connectivity index (χ0v) is 16.4. The molecular weight excluding hydrogens is 374 g/mol. The van der Waals surface area contributed by atoms with Gasteiger partial charge in [0.2, 0.25) is 10.8 Å². The van der Waals surface area contributed by atoms with Crippen LogP contribution in [-0.2, 0) is 33.2 Å². The lowest BCUT2D eigenvalue weighted by molar-refractivity contribution is -0.121. The molecule has 4 N–H and O–H groups in total. The van der Waals surface area contributed by atoms with Crippen LogP contribution >= 0.6 is 0 Å². The van der Waals surface area contributed by atoms with E-state index in [-0.39, 0.29) is 5.91 Å². The summed E-state index contributed by atoms with van der Waals surface area (Å²) in [5.41, 5.74) is 8.53. The molecule has 0 bridgehead atoms. The molecule has 0 aromatic heterocycles. The summed E-state index contributed by atoms with van der Waals surface area (Å²) in [7, 11) is 0. The Morgan fingerprint density at radius 3 is 1.54 bits per heavy atom. The second-order valence-corrected chi connectivity index (χ2v) is 5.31. The van der Waals surface area contributed by atoms with E-state index in [1.807, 2.05) is 0 Å². The molecule has 0 aliphatic heterocycles. The Morgan fingerprint density at radius 1 is 0.750 bits per heavy atom. The summed E-state index contributed by atoms with van der Waals surface area (Å²) in [6.45, 7) is 6.23. The van der Waals surface area contributed by atoms with Gasteiger partial charge in [0.25, 0.3) is 0 Å². The SMILES string of the molecule is N=[N+]=NCCOCCOCCOCCOCCOCCOCCCC(=O)NN. The third kappa shape index (κ3) is 22.5. The van der Waals surface area contributed by atoms with Gasteiger partial charge in [-0.15, -0.1) is 0 Å². The highest BCUT2D eigenvalue weighted by molar-refractivity contribution is 5.75. The lowest BCUT2D eigenvalue weighted by Crippen LogP contribution is -2.29. The van der Waals surface area contributed by atoms with E-state index in [4.69, 9.17) is 39.8 Å². The Balaban J connectivity index is 3.03. The summed E-state index contributed by atoms with van der Waals surface area (Å²) >= 11 is 0. The predicted octanol–water partition coefficient (Wildman–Crippen LogP) is -0.594. The van der Waals surface area contributed by atoms with Crippen LogP contribution in [0.25, 0.3) is 0 Å². The minimum absolute atomic E-state index is 0.194. The molecule has 28 heavy (non-hydrogen) atoms. The molecule has 0 aromatic rings. The Bertz CT molecular complexity index is 398. The van der Waals surface area contributed by atoms with Gasteiger partial charge in [-0.25, -0.2) is 5.84 Å². The van der Waals surface area contributed by atoms with Gasteiger partial charge in [0.1, 0.15) is 17.2 Å². The van der Waals surface area contributed by atoms with Crippen LogP contribution in [0.5, 0.6) is 0 Å². The zero-order chi connectivity index (χ0) is 20.5. The number of nitrogens with two attached hydrogens (primary N) is 1. The third-order valence-corrected chi connectivity index (χ3v) is 3.12. The van der Waals surface area contributed by atoms with Gasteiger partial charge in [0.15, 0.2) is 0 Å². The van der Waals surface area contributed by atoms with Crippen LogP contribution in [0, 0.1) is 5.53 Å². The fraction of sp³-hybridized carbons (Fsp3) is 0.938. The molecule has 12 nitrogen and oxygen atoms in total. The molecule has 0 heterocycles. The lowest BCUT2D eigenvalue weighted by atomic mass is 10.3. The van der Waals surface area contributed by atoms with E-state index in [1.54, 1.807) is 0 Å². The first-order chi connectivity index (χ1) is 13.8. The number of rotatable bonds is 22. The number of ether oxygens (including phenoxy) is 6.